The van der Waals surface area contributed by atoms with Gasteiger partial charge in [0.15, 0.2) is 0 Å². The SMILES string of the molecule is CCSSCCN(C(C)C)C(C)C. The molecule has 0 heterocycles. The van der Waals surface area contributed by atoms with Gasteiger partial charge in [0, 0.05) is 30.1 Å². The Morgan fingerprint density at radius 1 is 1.00 bits per heavy atom. The van der Waals surface area contributed by atoms with E-state index in [0.717, 1.165) is 0 Å². The van der Waals surface area contributed by atoms with Gasteiger partial charge < -0.3 is 0 Å². The maximum Gasteiger partial charge on any atom is 0.0165 e. The summed E-state index contributed by atoms with van der Waals surface area (Å²) in [5, 5.41) is 0. The van der Waals surface area contributed by atoms with Crippen molar-refractivity contribution in [3.8, 4) is 0 Å². The minimum atomic E-state index is 0.673. The Balaban J connectivity index is 3.58. The van der Waals surface area contributed by atoms with Crippen LogP contribution in [-0.4, -0.2) is 35.0 Å². The summed E-state index contributed by atoms with van der Waals surface area (Å²) in [6, 6.07) is 1.35. The Morgan fingerprint density at radius 3 is 1.92 bits per heavy atom. The maximum atomic E-state index is 2.54. The molecule has 0 aliphatic carbocycles. The first kappa shape index (κ1) is 13.7. The molecular weight excluding hydrogens is 198 g/mol. The van der Waals surface area contributed by atoms with E-state index >= 15 is 0 Å². The second kappa shape index (κ2) is 8.01. The lowest BCUT2D eigenvalue weighted by molar-refractivity contribution is 0.187. The van der Waals surface area contributed by atoms with Crippen molar-refractivity contribution >= 4 is 21.6 Å². The van der Waals surface area contributed by atoms with Gasteiger partial charge in [0.25, 0.3) is 0 Å². The molecule has 0 aromatic heterocycles. The lowest BCUT2D eigenvalue weighted by atomic mass is 10.2. The van der Waals surface area contributed by atoms with Crippen LogP contribution in [0.3, 0.4) is 0 Å². The fraction of sp³-hybridized carbons (Fsp3) is 1.00. The fourth-order valence-electron chi connectivity index (χ4n) is 1.40. The molecule has 0 aromatic rings. The van der Waals surface area contributed by atoms with Crippen LogP contribution in [0.2, 0.25) is 0 Å². The summed E-state index contributed by atoms with van der Waals surface area (Å²) >= 11 is 0. The molecule has 0 saturated carbocycles. The molecule has 0 bridgehead atoms. The molecule has 0 spiro atoms. The summed E-state index contributed by atoms with van der Waals surface area (Å²) in [7, 11) is 3.95. The van der Waals surface area contributed by atoms with Gasteiger partial charge in [-0.2, -0.15) is 0 Å². The Kier molecular flexibility index (Phi) is 8.42. The summed E-state index contributed by atoms with van der Waals surface area (Å²) in [5.74, 6) is 2.46. The van der Waals surface area contributed by atoms with Gasteiger partial charge in [0.2, 0.25) is 0 Å². The Morgan fingerprint density at radius 2 is 1.54 bits per heavy atom. The molecule has 0 radical (unpaired) electrons. The standard InChI is InChI=1S/C10H23NS2/c1-6-12-13-8-7-11(9(2)3)10(4)5/h9-10H,6-8H2,1-5H3. The van der Waals surface area contributed by atoms with Crippen LogP contribution in [0.25, 0.3) is 0 Å². The molecule has 0 amide bonds. The second-order valence-corrected chi connectivity index (χ2v) is 6.53. The van der Waals surface area contributed by atoms with Crippen LogP contribution in [0.15, 0.2) is 0 Å². The lowest BCUT2D eigenvalue weighted by Gasteiger charge is -2.30. The highest BCUT2D eigenvalue weighted by Crippen LogP contribution is 2.20. The normalized spacial score (nSPS) is 12.0. The predicted octanol–water partition coefficient (Wildman–Crippen LogP) is 3.51. The summed E-state index contributed by atoms with van der Waals surface area (Å²) in [6.45, 7) is 12.5. The molecule has 0 rings (SSSR count). The second-order valence-electron chi connectivity index (χ2n) is 3.65. The van der Waals surface area contributed by atoms with Gasteiger partial charge in [-0.15, -0.1) is 0 Å². The van der Waals surface area contributed by atoms with Crippen molar-refractivity contribution in [3.05, 3.63) is 0 Å². The number of hydrogen-bond donors (Lipinski definition) is 0. The van der Waals surface area contributed by atoms with Gasteiger partial charge in [-0.05, 0) is 27.7 Å². The van der Waals surface area contributed by atoms with E-state index in [0.29, 0.717) is 12.1 Å². The van der Waals surface area contributed by atoms with Crippen molar-refractivity contribution in [2.75, 3.05) is 18.1 Å². The molecule has 0 saturated heterocycles. The highest BCUT2D eigenvalue weighted by atomic mass is 33.1. The van der Waals surface area contributed by atoms with E-state index in [1.54, 1.807) is 0 Å². The minimum Gasteiger partial charge on any atom is -0.298 e. The van der Waals surface area contributed by atoms with Crippen LogP contribution in [0.4, 0.5) is 0 Å². The van der Waals surface area contributed by atoms with E-state index in [4.69, 9.17) is 0 Å². The molecule has 1 nitrogen and oxygen atoms in total. The van der Waals surface area contributed by atoms with Crippen molar-refractivity contribution < 1.29 is 0 Å². The zero-order valence-electron chi connectivity index (χ0n) is 9.54. The molecular formula is C10H23NS2. The molecule has 3 heteroatoms. The minimum absolute atomic E-state index is 0.673. The molecule has 0 aliphatic heterocycles. The Bertz CT molecular complexity index is 107. The predicted molar refractivity (Wildman–Crippen MR) is 67.6 cm³/mol. The maximum absolute atomic E-state index is 2.54. The average Bonchev–Trinajstić information content (AvgIpc) is 2.02. The van der Waals surface area contributed by atoms with Crippen molar-refractivity contribution in [2.45, 2.75) is 46.7 Å². The van der Waals surface area contributed by atoms with Crippen LogP contribution in [0.1, 0.15) is 34.6 Å². The largest absolute Gasteiger partial charge is 0.298 e. The van der Waals surface area contributed by atoms with Crippen molar-refractivity contribution in [2.24, 2.45) is 0 Å². The van der Waals surface area contributed by atoms with Gasteiger partial charge in [0.05, 0.1) is 0 Å². The Labute approximate surface area is 91.4 Å². The molecule has 0 aromatic carbocycles. The Hall–Kier alpha value is 0.660. The molecule has 0 N–H and O–H groups in total. The van der Waals surface area contributed by atoms with E-state index in [1.165, 1.54) is 18.1 Å². The van der Waals surface area contributed by atoms with Crippen LogP contribution >= 0.6 is 21.6 Å². The van der Waals surface area contributed by atoms with E-state index < -0.39 is 0 Å². The molecule has 0 unspecified atom stereocenters. The van der Waals surface area contributed by atoms with Crippen molar-refractivity contribution in [3.63, 3.8) is 0 Å². The zero-order chi connectivity index (χ0) is 10.3. The molecule has 0 fully saturated rings. The van der Waals surface area contributed by atoms with Crippen LogP contribution in [0.5, 0.6) is 0 Å². The highest BCUT2D eigenvalue weighted by molar-refractivity contribution is 8.76. The third-order valence-electron chi connectivity index (χ3n) is 1.96. The number of nitrogens with zero attached hydrogens (tertiary/aromatic N) is 1. The summed E-state index contributed by atoms with van der Waals surface area (Å²) in [6.07, 6.45) is 0. The zero-order valence-corrected chi connectivity index (χ0v) is 11.2. The molecule has 13 heavy (non-hydrogen) atoms. The molecule has 0 atom stereocenters. The summed E-state index contributed by atoms with van der Waals surface area (Å²) < 4.78 is 0. The third-order valence-corrected chi connectivity index (χ3v) is 4.42. The number of rotatable bonds is 7. The third kappa shape index (κ3) is 6.69. The van der Waals surface area contributed by atoms with Gasteiger partial charge in [-0.25, -0.2) is 0 Å². The van der Waals surface area contributed by atoms with E-state index in [1.807, 2.05) is 21.6 Å². The van der Waals surface area contributed by atoms with Gasteiger partial charge in [-0.1, -0.05) is 28.5 Å². The first-order chi connectivity index (χ1) is 6.09. The van der Waals surface area contributed by atoms with Crippen LogP contribution in [-0.2, 0) is 0 Å². The topological polar surface area (TPSA) is 3.24 Å². The van der Waals surface area contributed by atoms with Crippen molar-refractivity contribution in [1.29, 1.82) is 0 Å². The summed E-state index contributed by atoms with van der Waals surface area (Å²) in [4.78, 5) is 2.54. The van der Waals surface area contributed by atoms with Crippen LogP contribution in [0, 0.1) is 0 Å². The first-order valence-electron chi connectivity index (χ1n) is 5.09. The van der Waals surface area contributed by atoms with E-state index in [2.05, 4.69) is 39.5 Å². The quantitative estimate of drug-likeness (QED) is 0.478. The smallest absolute Gasteiger partial charge is 0.0165 e. The number of hydrogen-bond acceptors (Lipinski definition) is 3. The first-order valence-corrected chi connectivity index (χ1v) is 7.58. The monoisotopic (exact) mass is 221 g/mol. The highest BCUT2D eigenvalue weighted by Gasteiger charge is 2.11. The van der Waals surface area contributed by atoms with Crippen LogP contribution < -0.4 is 0 Å². The van der Waals surface area contributed by atoms with E-state index in [9.17, 15) is 0 Å². The fourth-order valence-corrected chi connectivity index (χ4v) is 3.04. The molecule has 80 valence electrons. The van der Waals surface area contributed by atoms with E-state index in [-0.39, 0.29) is 0 Å². The lowest BCUT2D eigenvalue weighted by Crippen LogP contribution is -2.38. The van der Waals surface area contributed by atoms with Crippen molar-refractivity contribution in [1.82, 2.24) is 4.90 Å². The molecule has 0 aliphatic rings. The van der Waals surface area contributed by atoms with Gasteiger partial charge in [-0.3, -0.25) is 4.90 Å². The van der Waals surface area contributed by atoms with Gasteiger partial charge >= 0.3 is 0 Å². The van der Waals surface area contributed by atoms with Gasteiger partial charge in [0.1, 0.15) is 0 Å². The average molecular weight is 221 g/mol. The summed E-state index contributed by atoms with van der Waals surface area (Å²) in [5.41, 5.74) is 0.